The van der Waals surface area contributed by atoms with Gasteiger partial charge in [-0.1, -0.05) is 13.8 Å². The van der Waals surface area contributed by atoms with E-state index in [2.05, 4.69) is 9.97 Å². The Morgan fingerprint density at radius 1 is 1.47 bits per heavy atom. The Hall–Kier alpha value is -1.50. The van der Waals surface area contributed by atoms with Crippen molar-refractivity contribution in [2.45, 2.75) is 32.1 Å². The van der Waals surface area contributed by atoms with Gasteiger partial charge in [0.15, 0.2) is 9.84 Å². The molecule has 0 radical (unpaired) electrons. The number of aromatic carboxylic acids is 1. The van der Waals surface area contributed by atoms with Gasteiger partial charge < -0.3 is 5.11 Å². The van der Waals surface area contributed by atoms with Crippen LogP contribution in [0.4, 0.5) is 0 Å². The van der Waals surface area contributed by atoms with E-state index in [1.54, 1.807) is 0 Å². The first kappa shape index (κ1) is 13.9. The van der Waals surface area contributed by atoms with E-state index in [1.807, 2.05) is 13.8 Å². The molecular formula is C12H16N2O4S. The van der Waals surface area contributed by atoms with Gasteiger partial charge in [0.25, 0.3) is 0 Å². The van der Waals surface area contributed by atoms with Crippen LogP contribution in [0.2, 0.25) is 0 Å². The summed E-state index contributed by atoms with van der Waals surface area (Å²) in [7, 11) is -3.00. The van der Waals surface area contributed by atoms with E-state index in [1.165, 1.54) is 6.20 Å². The Morgan fingerprint density at radius 2 is 2.16 bits per heavy atom. The molecule has 1 saturated heterocycles. The van der Waals surface area contributed by atoms with E-state index in [0.717, 1.165) is 0 Å². The van der Waals surface area contributed by atoms with Crippen molar-refractivity contribution in [3.05, 3.63) is 23.3 Å². The lowest BCUT2D eigenvalue weighted by atomic mass is 10.0. The van der Waals surface area contributed by atoms with E-state index in [-0.39, 0.29) is 28.9 Å². The van der Waals surface area contributed by atoms with Gasteiger partial charge in [0.1, 0.15) is 5.82 Å². The lowest BCUT2D eigenvalue weighted by molar-refractivity contribution is 0.0694. The number of carboxylic acids is 1. The molecule has 1 aliphatic rings. The van der Waals surface area contributed by atoms with Crippen molar-refractivity contribution in [2.24, 2.45) is 0 Å². The lowest BCUT2D eigenvalue weighted by Gasteiger charge is -2.12. The first-order chi connectivity index (χ1) is 8.80. The van der Waals surface area contributed by atoms with Crippen LogP contribution < -0.4 is 0 Å². The van der Waals surface area contributed by atoms with Crippen LogP contribution >= 0.6 is 0 Å². The van der Waals surface area contributed by atoms with Crippen molar-refractivity contribution in [1.82, 2.24) is 9.97 Å². The van der Waals surface area contributed by atoms with E-state index in [0.29, 0.717) is 17.9 Å². The van der Waals surface area contributed by atoms with Crippen molar-refractivity contribution in [3.63, 3.8) is 0 Å². The molecule has 1 aromatic heterocycles. The van der Waals surface area contributed by atoms with Crippen molar-refractivity contribution in [3.8, 4) is 0 Å². The van der Waals surface area contributed by atoms with E-state index in [4.69, 9.17) is 5.11 Å². The summed E-state index contributed by atoms with van der Waals surface area (Å²) in [4.78, 5) is 19.4. The van der Waals surface area contributed by atoms with Crippen LogP contribution in [0.3, 0.4) is 0 Å². The molecule has 0 bridgehead atoms. The van der Waals surface area contributed by atoms with Crippen molar-refractivity contribution >= 4 is 15.8 Å². The predicted octanol–water partition coefficient (Wildman–Crippen LogP) is 1.20. The number of rotatable bonds is 3. The highest BCUT2D eigenvalue weighted by atomic mass is 32.2. The zero-order valence-corrected chi connectivity index (χ0v) is 11.6. The molecule has 0 amide bonds. The zero-order valence-electron chi connectivity index (χ0n) is 10.8. The van der Waals surface area contributed by atoms with Crippen molar-refractivity contribution in [2.75, 3.05) is 11.5 Å². The second kappa shape index (κ2) is 4.88. The number of sulfone groups is 1. The molecular weight excluding hydrogens is 268 g/mol. The lowest BCUT2D eigenvalue weighted by Crippen LogP contribution is -2.13. The molecule has 1 unspecified atom stereocenters. The highest BCUT2D eigenvalue weighted by Crippen LogP contribution is 2.28. The van der Waals surface area contributed by atoms with Gasteiger partial charge in [-0.25, -0.2) is 23.2 Å². The highest BCUT2D eigenvalue weighted by molar-refractivity contribution is 7.91. The van der Waals surface area contributed by atoms with Gasteiger partial charge in [0, 0.05) is 12.1 Å². The molecule has 0 aromatic carbocycles. The quantitative estimate of drug-likeness (QED) is 0.895. The van der Waals surface area contributed by atoms with Gasteiger partial charge in [-0.05, 0) is 12.3 Å². The number of carbonyl (C=O) groups is 1. The van der Waals surface area contributed by atoms with Crippen molar-refractivity contribution in [1.29, 1.82) is 0 Å². The summed E-state index contributed by atoms with van der Waals surface area (Å²) in [6, 6.07) is 0. The highest BCUT2D eigenvalue weighted by Gasteiger charge is 2.31. The Kier molecular flexibility index (Phi) is 3.58. The minimum atomic E-state index is -3.00. The molecule has 2 rings (SSSR count). The number of aromatic nitrogens is 2. The normalized spacial score (nSPS) is 21.7. The average Bonchev–Trinajstić information content (AvgIpc) is 2.68. The first-order valence-electron chi connectivity index (χ1n) is 6.10. The Labute approximate surface area is 111 Å². The molecule has 7 heteroatoms. The third kappa shape index (κ3) is 2.91. The summed E-state index contributed by atoms with van der Waals surface area (Å²) in [5, 5.41) is 9.08. The smallest absolute Gasteiger partial charge is 0.339 e. The molecule has 104 valence electrons. The topological polar surface area (TPSA) is 97.2 Å². The third-order valence-corrected chi connectivity index (χ3v) is 4.98. The van der Waals surface area contributed by atoms with Crippen LogP contribution in [0.15, 0.2) is 6.20 Å². The SMILES string of the molecule is CC(C)c1nc(C2CCS(=O)(=O)C2)ncc1C(=O)O. The molecule has 6 nitrogen and oxygen atoms in total. The molecule has 1 aromatic rings. The standard InChI is InChI=1S/C12H16N2O4S/c1-7(2)10-9(12(15)16)5-13-11(14-10)8-3-4-19(17,18)6-8/h5,7-8H,3-4,6H2,1-2H3,(H,15,16). The molecule has 1 N–H and O–H groups in total. The predicted molar refractivity (Wildman–Crippen MR) is 69.1 cm³/mol. The Balaban J connectivity index is 2.39. The summed E-state index contributed by atoms with van der Waals surface area (Å²) in [5.41, 5.74) is 0.543. The van der Waals surface area contributed by atoms with Gasteiger partial charge in [-0.15, -0.1) is 0 Å². The molecule has 0 saturated carbocycles. The fourth-order valence-corrected chi connectivity index (χ4v) is 3.95. The van der Waals surface area contributed by atoms with Crippen LogP contribution in [0, 0.1) is 0 Å². The molecule has 1 atom stereocenters. The minimum absolute atomic E-state index is 0.0501. The molecule has 2 heterocycles. The van der Waals surface area contributed by atoms with E-state index < -0.39 is 15.8 Å². The van der Waals surface area contributed by atoms with Crippen LogP contribution in [-0.2, 0) is 9.84 Å². The minimum Gasteiger partial charge on any atom is -0.478 e. The molecule has 0 aliphatic carbocycles. The van der Waals surface area contributed by atoms with Crippen LogP contribution in [0.25, 0.3) is 0 Å². The summed E-state index contributed by atoms with van der Waals surface area (Å²) < 4.78 is 22.9. The third-order valence-electron chi connectivity index (χ3n) is 3.21. The number of hydrogen-bond donors (Lipinski definition) is 1. The number of carboxylic acid groups (broad SMARTS) is 1. The van der Waals surface area contributed by atoms with Crippen LogP contribution in [0.1, 0.15) is 54.0 Å². The average molecular weight is 284 g/mol. The van der Waals surface area contributed by atoms with Gasteiger partial charge in [0.2, 0.25) is 0 Å². The fraction of sp³-hybridized carbons (Fsp3) is 0.583. The van der Waals surface area contributed by atoms with E-state index in [9.17, 15) is 13.2 Å². The molecule has 0 spiro atoms. The van der Waals surface area contributed by atoms with Gasteiger partial charge in [-0.3, -0.25) is 0 Å². The summed E-state index contributed by atoms with van der Waals surface area (Å²) in [6.07, 6.45) is 1.79. The first-order valence-corrected chi connectivity index (χ1v) is 7.93. The maximum atomic E-state index is 11.5. The largest absolute Gasteiger partial charge is 0.478 e. The maximum Gasteiger partial charge on any atom is 0.339 e. The van der Waals surface area contributed by atoms with Gasteiger partial charge in [-0.2, -0.15) is 0 Å². The van der Waals surface area contributed by atoms with Crippen molar-refractivity contribution < 1.29 is 18.3 Å². The number of hydrogen-bond acceptors (Lipinski definition) is 5. The molecule has 19 heavy (non-hydrogen) atoms. The second-order valence-electron chi connectivity index (χ2n) is 5.09. The molecule has 1 fully saturated rings. The van der Waals surface area contributed by atoms with Gasteiger partial charge >= 0.3 is 5.97 Å². The summed E-state index contributed by atoms with van der Waals surface area (Å²) in [5.74, 6) is -0.685. The van der Waals surface area contributed by atoms with Crippen LogP contribution in [-0.4, -0.2) is 41.0 Å². The summed E-state index contributed by atoms with van der Waals surface area (Å²) in [6.45, 7) is 3.70. The fourth-order valence-electron chi connectivity index (χ4n) is 2.21. The molecule has 1 aliphatic heterocycles. The monoisotopic (exact) mass is 284 g/mol. The maximum absolute atomic E-state index is 11.5. The second-order valence-corrected chi connectivity index (χ2v) is 7.32. The zero-order chi connectivity index (χ0) is 14.2. The summed E-state index contributed by atoms with van der Waals surface area (Å²) >= 11 is 0. The number of nitrogens with zero attached hydrogens (tertiary/aromatic N) is 2. The Morgan fingerprint density at radius 3 is 2.63 bits per heavy atom. The Bertz CT molecular complexity index is 610. The van der Waals surface area contributed by atoms with Crippen LogP contribution in [0.5, 0.6) is 0 Å². The van der Waals surface area contributed by atoms with E-state index >= 15 is 0 Å². The van der Waals surface area contributed by atoms with Gasteiger partial charge in [0.05, 0.1) is 22.8 Å².